The van der Waals surface area contributed by atoms with Gasteiger partial charge in [0, 0.05) is 13.7 Å². The Morgan fingerprint density at radius 1 is 1.25 bits per heavy atom. The van der Waals surface area contributed by atoms with Crippen LogP contribution < -0.4 is 5.32 Å². The molecule has 0 saturated heterocycles. The highest BCUT2D eigenvalue weighted by molar-refractivity contribution is 5.21. The van der Waals surface area contributed by atoms with Crippen molar-refractivity contribution in [1.82, 2.24) is 5.32 Å². The van der Waals surface area contributed by atoms with Gasteiger partial charge in [0.15, 0.2) is 0 Å². The van der Waals surface area contributed by atoms with E-state index in [9.17, 15) is 0 Å². The molecule has 0 heterocycles. The Labute approximate surface area is 98.0 Å². The van der Waals surface area contributed by atoms with E-state index in [0.717, 1.165) is 31.5 Å². The molecule has 1 fully saturated rings. The Morgan fingerprint density at radius 3 is 2.69 bits per heavy atom. The van der Waals surface area contributed by atoms with Crippen LogP contribution in [0.4, 0.5) is 0 Å². The summed E-state index contributed by atoms with van der Waals surface area (Å²) in [6.45, 7) is 2.94. The molecular weight excluding hydrogens is 198 g/mol. The van der Waals surface area contributed by atoms with E-state index in [2.05, 4.69) is 35.6 Å². The number of ether oxygens (including phenoxy) is 1. The fraction of sp³-hybridized carbons (Fsp3) is 0.571. The van der Waals surface area contributed by atoms with Gasteiger partial charge in [-0.15, -0.1) is 0 Å². The molecule has 0 radical (unpaired) electrons. The van der Waals surface area contributed by atoms with E-state index in [-0.39, 0.29) is 0 Å². The molecule has 0 spiro atoms. The summed E-state index contributed by atoms with van der Waals surface area (Å²) in [6, 6.07) is 10.9. The van der Waals surface area contributed by atoms with Gasteiger partial charge in [0.2, 0.25) is 0 Å². The van der Waals surface area contributed by atoms with Gasteiger partial charge in [0.05, 0.1) is 6.61 Å². The molecule has 2 heteroatoms. The molecule has 2 nitrogen and oxygen atoms in total. The van der Waals surface area contributed by atoms with Crippen LogP contribution in [0.25, 0.3) is 0 Å². The van der Waals surface area contributed by atoms with E-state index >= 15 is 0 Å². The van der Waals surface area contributed by atoms with Crippen molar-refractivity contribution in [2.24, 2.45) is 5.92 Å². The minimum absolute atomic E-state index is 0.801. The third-order valence-electron chi connectivity index (χ3n) is 3.42. The van der Waals surface area contributed by atoms with Crippen molar-refractivity contribution in [3.05, 3.63) is 35.9 Å². The first kappa shape index (κ1) is 11.6. The van der Waals surface area contributed by atoms with Crippen LogP contribution in [0.15, 0.2) is 30.3 Å². The maximum absolute atomic E-state index is 5.00. The van der Waals surface area contributed by atoms with Gasteiger partial charge in [-0.2, -0.15) is 0 Å². The highest BCUT2D eigenvalue weighted by Crippen LogP contribution is 2.40. The number of nitrogens with one attached hydrogen (secondary N) is 1. The van der Waals surface area contributed by atoms with Gasteiger partial charge >= 0.3 is 0 Å². The SMILES string of the molecule is COCCNCC1CC(c2ccccc2)C1. The predicted molar refractivity (Wildman–Crippen MR) is 66.7 cm³/mol. The van der Waals surface area contributed by atoms with Gasteiger partial charge in [-0.25, -0.2) is 0 Å². The predicted octanol–water partition coefficient (Wildman–Crippen LogP) is 2.42. The Kier molecular flexibility index (Phi) is 4.37. The zero-order valence-electron chi connectivity index (χ0n) is 9.99. The van der Waals surface area contributed by atoms with Crippen LogP contribution in [0, 0.1) is 5.92 Å². The van der Waals surface area contributed by atoms with Crippen molar-refractivity contribution in [3.8, 4) is 0 Å². The fourth-order valence-electron chi connectivity index (χ4n) is 2.38. The van der Waals surface area contributed by atoms with E-state index < -0.39 is 0 Å². The highest BCUT2D eigenvalue weighted by atomic mass is 16.5. The van der Waals surface area contributed by atoms with Crippen molar-refractivity contribution in [2.75, 3.05) is 26.8 Å². The smallest absolute Gasteiger partial charge is 0.0587 e. The molecule has 1 aromatic carbocycles. The summed E-state index contributed by atoms with van der Waals surface area (Å²) in [6.07, 6.45) is 2.67. The van der Waals surface area contributed by atoms with Gasteiger partial charge in [-0.1, -0.05) is 30.3 Å². The van der Waals surface area contributed by atoms with Crippen LogP contribution in [0.3, 0.4) is 0 Å². The van der Waals surface area contributed by atoms with E-state index in [0.29, 0.717) is 0 Å². The monoisotopic (exact) mass is 219 g/mol. The quantitative estimate of drug-likeness (QED) is 0.742. The molecule has 0 aromatic heterocycles. The first-order valence-corrected chi connectivity index (χ1v) is 6.14. The van der Waals surface area contributed by atoms with Gasteiger partial charge in [-0.3, -0.25) is 0 Å². The summed E-state index contributed by atoms with van der Waals surface area (Å²) in [5.74, 6) is 1.66. The fourth-order valence-corrected chi connectivity index (χ4v) is 2.38. The summed E-state index contributed by atoms with van der Waals surface area (Å²) in [5.41, 5.74) is 1.51. The second kappa shape index (κ2) is 6.02. The third kappa shape index (κ3) is 3.06. The Bertz CT molecular complexity index is 293. The minimum atomic E-state index is 0.801. The molecule has 16 heavy (non-hydrogen) atoms. The van der Waals surface area contributed by atoms with Crippen LogP contribution >= 0.6 is 0 Å². The zero-order chi connectivity index (χ0) is 11.2. The zero-order valence-corrected chi connectivity index (χ0v) is 9.99. The number of methoxy groups -OCH3 is 1. The lowest BCUT2D eigenvalue weighted by atomic mass is 9.71. The number of hydrogen-bond acceptors (Lipinski definition) is 2. The molecule has 0 amide bonds. The molecule has 1 aromatic rings. The summed E-state index contributed by atoms with van der Waals surface area (Å²) in [7, 11) is 1.75. The van der Waals surface area contributed by atoms with Gasteiger partial charge in [0.25, 0.3) is 0 Å². The average Bonchev–Trinajstić information content (AvgIpc) is 2.28. The second-order valence-corrected chi connectivity index (χ2v) is 4.64. The van der Waals surface area contributed by atoms with E-state index in [4.69, 9.17) is 4.74 Å². The molecular formula is C14H21NO. The van der Waals surface area contributed by atoms with Gasteiger partial charge < -0.3 is 10.1 Å². The number of rotatable bonds is 6. The van der Waals surface area contributed by atoms with Gasteiger partial charge in [-0.05, 0) is 36.8 Å². The van der Waals surface area contributed by atoms with Crippen LogP contribution in [0.1, 0.15) is 24.3 Å². The maximum Gasteiger partial charge on any atom is 0.0587 e. The number of hydrogen-bond donors (Lipinski definition) is 1. The van der Waals surface area contributed by atoms with E-state index in [1.807, 2.05) is 0 Å². The van der Waals surface area contributed by atoms with Crippen molar-refractivity contribution in [3.63, 3.8) is 0 Å². The summed E-state index contributed by atoms with van der Waals surface area (Å²) >= 11 is 0. The van der Waals surface area contributed by atoms with Crippen molar-refractivity contribution >= 4 is 0 Å². The van der Waals surface area contributed by atoms with E-state index in [1.165, 1.54) is 18.4 Å². The van der Waals surface area contributed by atoms with E-state index in [1.54, 1.807) is 7.11 Å². The molecule has 0 aliphatic heterocycles. The van der Waals surface area contributed by atoms with Crippen molar-refractivity contribution < 1.29 is 4.74 Å². The molecule has 2 rings (SSSR count). The Balaban J connectivity index is 1.63. The molecule has 1 aliphatic rings. The highest BCUT2D eigenvalue weighted by Gasteiger charge is 2.29. The maximum atomic E-state index is 5.00. The normalized spacial score (nSPS) is 24.1. The molecule has 1 saturated carbocycles. The van der Waals surface area contributed by atoms with Crippen LogP contribution in [-0.2, 0) is 4.74 Å². The van der Waals surface area contributed by atoms with Crippen LogP contribution in [0.5, 0.6) is 0 Å². The summed E-state index contributed by atoms with van der Waals surface area (Å²) < 4.78 is 5.00. The topological polar surface area (TPSA) is 21.3 Å². The molecule has 0 unspecified atom stereocenters. The van der Waals surface area contributed by atoms with Crippen molar-refractivity contribution in [2.45, 2.75) is 18.8 Å². The minimum Gasteiger partial charge on any atom is -0.383 e. The average molecular weight is 219 g/mol. The lowest BCUT2D eigenvalue weighted by Gasteiger charge is -2.36. The third-order valence-corrected chi connectivity index (χ3v) is 3.42. The lowest BCUT2D eigenvalue weighted by Crippen LogP contribution is -2.33. The lowest BCUT2D eigenvalue weighted by molar-refractivity contribution is 0.190. The second-order valence-electron chi connectivity index (χ2n) is 4.64. The summed E-state index contributed by atoms with van der Waals surface area (Å²) in [4.78, 5) is 0. The number of benzene rings is 1. The van der Waals surface area contributed by atoms with Crippen LogP contribution in [-0.4, -0.2) is 26.8 Å². The molecule has 0 atom stereocenters. The van der Waals surface area contributed by atoms with Crippen LogP contribution in [0.2, 0.25) is 0 Å². The summed E-state index contributed by atoms with van der Waals surface area (Å²) in [5, 5.41) is 3.44. The Morgan fingerprint density at radius 2 is 2.00 bits per heavy atom. The molecule has 88 valence electrons. The first-order chi connectivity index (χ1) is 7.90. The van der Waals surface area contributed by atoms with Crippen molar-refractivity contribution in [1.29, 1.82) is 0 Å². The first-order valence-electron chi connectivity index (χ1n) is 6.14. The molecule has 1 aliphatic carbocycles. The molecule has 1 N–H and O–H groups in total. The van der Waals surface area contributed by atoms with Gasteiger partial charge in [0.1, 0.15) is 0 Å². The largest absolute Gasteiger partial charge is 0.383 e. The molecule has 0 bridgehead atoms. The standard InChI is InChI=1S/C14H21NO/c1-16-8-7-15-11-12-9-14(10-12)13-5-3-2-4-6-13/h2-6,12,14-15H,7-11H2,1H3. The Hall–Kier alpha value is -0.860.